The monoisotopic (exact) mass is 400 g/mol. The van der Waals surface area contributed by atoms with Crippen LogP contribution in [-0.4, -0.2) is 22.6 Å². The molecule has 7 heteroatoms. The van der Waals surface area contributed by atoms with Crippen molar-refractivity contribution < 1.29 is 14.7 Å². The van der Waals surface area contributed by atoms with Crippen LogP contribution >= 0.6 is 22.9 Å². The second-order valence-electron chi connectivity index (χ2n) is 6.14. The molecule has 0 spiro atoms. The number of thiophene rings is 1. The Kier molecular flexibility index (Phi) is 4.86. The van der Waals surface area contributed by atoms with Gasteiger partial charge in [0.05, 0.1) is 12.3 Å². The molecule has 4 rings (SSSR count). The summed E-state index contributed by atoms with van der Waals surface area (Å²) in [4.78, 5) is 17.7. The first kappa shape index (κ1) is 18.0. The summed E-state index contributed by atoms with van der Waals surface area (Å²) in [5.41, 5.74) is 2.85. The average Bonchev–Trinajstić information content (AvgIpc) is 3.00. The van der Waals surface area contributed by atoms with Crippen LogP contribution in [0.5, 0.6) is 5.88 Å². The van der Waals surface area contributed by atoms with Crippen molar-refractivity contribution >= 4 is 34.4 Å². The number of ether oxygens (including phenoxy) is 1. The molecule has 0 radical (unpaired) electrons. The molecule has 0 amide bonds. The van der Waals surface area contributed by atoms with Gasteiger partial charge in [-0.05, 0) is 18.6 Å². The SMILES string of the molecule is CCOc1ccc(C2C(=O)Cc3sc(Cl)c(-c4ccccc4)c3N2O)cn1. The second-order valence-corrected chi connectivity index (χ2v) is 7.85. The molecular weight excluding hydrogens is 384 g/mol. The largest absolute Gasteiger partial charge is 0.478 e. The van der Waals surface area contributed by atoms with Crippen LogP contribution in [0.1, 0.15) is 23.4 Å². The molecule has 1 aliphatic rings. The van der Waals surface area contributed by atoms with E-state index in [2.05, 4.69) is 4.98 Å². The molecule has 3 aromatic rings. The van der Waals surface area contributed by atoms with Gasteiger partial charge in [-0.1, -0.05) is 41.9 Å². The Morgan fingerprint density at radius 1 is 1.30 bits per heavy atom. The van der Waals surface area contributed by atoms with Gasteiger partial charge in [0.1, 0.15) is 10.4 Å². The van der Waals surface area contributed by atoms with Gasteiger partial charge >= 0.3 is 0 Å². The topological polar surface area (TPSA) is 62.7 Å². The summed E-state index contributed by atoms with van der Waals surface area (Å²) in [6.07, 6.45) is 1.79. The van der Waals surface area contributed by atoms with Crippen molar-refractivity contribution in [3.63, 3.8) is 0 Å². The van der Waals surface area contributed by atoms with E-state index < -0.39 is 6.04 Å². The molecule has 0 aliphatic carbocycles. The number of pyridine rings is 1. The van der Waals surface area contributed by atoms with Gasteiger partial charge in [-0.25, -0.2) is 10.0 Å². The smallest absolute Gasteiger partial charge is 0.213 e. The Morgan fingerprint density at radius 2 is 2.07 bits per heavy atom. The third-order valence-corrected chi connectivity index (χ3v) is 5.84. The van der Waals surface area contributed by atoms with Crippen LogP contribution in [0.2, 0.25) is 4.34 Å². The van der Waals surface area contributed by atoms with Crippen LogP contribution < -0.4 is 9.80 Å². The van der Waals surface area contributed by atoms with Crippen molar-refractivity contribution in [2.75, 3.05) is 11.7 Å². The Hall–Kier alpha value is -2.41. The van der Waals surface area contributed by atoms with Crippen LogP contribution in [-0.2, 0) is 11.2 Å². The van der Waals surface area contributed by atoms with Crippen molar-refractivity contribution in [1.82, 2.24) is 4.98 Å². The number of Topliss-reactive ketones (excluding diaryl/α,β-unsaturated/α-hetero) is 1. The third kappa shape index (κ3) is 3.20. The fraction of sp³-hybridized carbons (Fsp3) is 0.200. The van der Waals surface area contributed by atoms with Crippen LogP contribution in [0.3, 0.4) is 0 Å². The minimum absolute atomic E-state index is 0.103. The van der Waals surface area contributed by atoms with Crippen LogP contribution in [0.25, 0.3) is 11.1 Å². The van der Waals surface area contributed by atoms with Crippen LogP contribution in [0, 0.1) is 0 Å². The Morgan fingerprint density at radius 3 is 2.74 bits per heavy atom. The predicted molar refractivity (Wildman–Crippen MR) is 106 cm³/mol. The average molecular weight is 401 g/mol. The van der Waals surface area contributed by atoms with Gasteiger partial charge in [0.15, 0.2) is 5.78 Å². The fourth-order valence-electron chi connectivity index (χ4n) is 3.29. The van der Waals surface area contributed by atoms with Crippen LogP contribution in [0.15, 0.2) is 48.7 Å². The molecule has 1 atom stereocenters. The maximum atomic E-state index is 12.7. The number of nitrogens with zero attached hydrogens (tertiary/aromatic N) is 2. The summed E-state index contributed by atoms with van der Waals surface area (Å²) >= 11 is 7.81. The number of anilines is 1. The summed E-state index contributed by atoms with van der Waals surface area (Å²) in [7, 11) is 0. The van der Waals surface area contributed by atoms with Crippen molar-refractivity contribution in [3.05, 3.63) is 63.4 Å². The lowest BCUT2D eigenvalue weighted by molar-refractivity contribution is -0.121. The Bertz CT molecular complexity index is 973. The summed E-state index contributed by atoms with van der Waals surface area (Å²) in [6, 6.07) is 12.3. The highest BCUT2D eigenvalue weighted by Gasteiger charge is 2.38. The zero-order valence-corrected chi connectivity index (χ0v) is 16.1. The molecule has 3 heterocycles. The first-order valence-electron chi connectivity index (χ1n) is 8.56. The number of halogens is 1. The van der Waals surface area contributed by atoms with Crippen molar-refractivity contribution in [2.45, 2.75) is 19.4 Å². The van der Waals surface area contributed by atoms with Crippen LogP contribution in [0.4, 0.5) is 5.69 Å². The first-order chi connectivity index (χ1) is 13.1. The molecule has 0 bridgehead atoms. The first-order valence-corrected chi connectivity index (χ1v) is 9.75. The second kappa shape index (κ2) is 7.31. The number of benzene rings is 1. The highest BCUT2D eigenvalue weighted by atomic mass is 35.5. The molecule has 27 heavy (non-hydrogen) atoms. The number of carbonyl (C=O) groups is 1. The summed E-state index contributed by atoms with van der Waals surface area (Å²) in [5, 5.41) is 12.0. The van der Waals surface area contributed by atoms with Gasteiger partial charge < -0.3 is 4.74 Å². The standard InChI is InChI=1S/C20H17ClN2O3S/c1-2-26-16-9-8-13(11-22-16)18-14(24)10-15-19(23(18)25)17(20(21)27-15)12-6-4-3-5-7-12/h3-9,11,18,25H,2,10H2,1H3. The minimum atomic E-state index is -0.825. The lowest BCUT2D eigenvalue weighted by Gasteiger charge is -2.32. The normalized spacial score (nSPS) is 16.3. The number of rotatable bonds is 4. The van der Waals surface area contributed by atoms with Crippen molar-refractivity contribution in [2.24, 2.45) is 0 Å². The molecule has 2 aromatic heterocycles. The van der Waals surface area contributed by atoms with E-state index in [1.807, 2.05) is 37.3 Å². The molecular formula is C20H17ClN2O3S. The minimum Gasteiger partial charge on any atom is -0.478 e. The number of hydroxylamine groups is 1. The van der Waals surface area contributed by atoms with E-state index in [4.69, 9.17) is 16.3 Å². The number of hydrogen-bond donors (Lipinski definition) is 1. The zero-order chi connectivity index (χ0) is 19.0. The number of hydrogen-bond acceptors (Lipinski definition) is 6. The molecule has 138 valence electrons. The highest BCUT2D eigenvalue weighted by Crippen LogP contribution is 2.50. The molecule has 1 aromatic carbocycles. The number of carbonyl (C=O) groups excluding carboxylic acids is 1. The van der Waals surface area contributed by atoms with E-state index in [1.165, 1.54) is 11.3 Å². The molecule has 5 nitrogen and oxygen atoms in total. The van der Waals surface area contributed by atoms with E-state index in [1.54, 1.807) is 18.3 Å². The molecule has 0 fully saturated rings. The molecule has 0 saturated carbocycles. The lowest BCUT2D eigenvalue weighted by atomic mass is 9.94. The maximum absolute atomic E-state index is 12.7. The number of ketones is 1. The lowest BCUT2D eigenvalue weighted by Crippen LogP contribution is -2.36. The van der Waals surface area contributed by atoms with Crippen molar-refractivity contribution in [3.8, 4) is 17.0 Å². The maximum Gasteiger partial charge on any atom is 0.213 e. The third-order valence-electron chi connectivity index (χ3n) is 4.45. The summed E-state index contributed by atoms with van der Waals surface area (Å²) in [6.45, 7) is 2.39. The van der Waals surface area contributed by atoms with Gasteiger partial charge in [-0.2, -0.15) is 0 Å². The van der Waals surface area contributed by atoms with Gasteiger partial charge in [0, 0.05) is 34.7 Å². The zero-order valence-electron chi connectivity index (χ0n) is 14.6. The van der Waals surface area contributed by atoms with Crippen molar-refractivity contribution in [1.29, 1.82) is 0 Å². The fourth-order valence-corrected chi connectivity index (χ4v) is 4.81. The summed E-state index contributed by atoms with van der Waals surface area (Å²) < 4.78 is 5.91. The number of aromatic nitrogens is 1. The van der Waals surface area contributed by atoms with E-state index in [9.17, 15) is 10.0 Å². The number of fused-ring (bicyclic) bond motifs is 1. The summed E-state index contributed by atoms with van der Waals surface area (Å²) in [5.74, 6) is 0.381. The quantitative estimate of drug-likeness (QED) is 0.673. The van der Waals surface area contributed by atoms with E-state index >= 15 is 0 Å². The molecule has 1 aliphatic heterocycles. The van der Waals surface area contributed by atoms with Gasteiger partial charge in [0.2, 0.25) is 5.88 Å². The molecule has 1 unspecified atom stereocenters. The highest BCUT2D eigenvalue weighted by molar-refractivity contribution is 7.17. The van der Waals surface area contributed by atoms with E-state index in [-0.39, 0.29) is 12.2 Å². The van der Waals surface area contributed by atoms with Gasteiger partial charge in [0.25, 0.3) is 0 Å². The Balaban J connectivity index is 1.77. The van der Waals surface area contributed by atoms with Gasteiger partial charge in [-0.3, -0.25) is 10.0 Å². The van der Waals surface area contributed by atoms with E-state index in [0.717, 1.165) is 21.1 Å². The Labute approximate surface area is 165 Å². The predicted octanol–water partition coefficient (Wildman–Crippen LogP) is 4.92. The molecule has 1 N–H and O–H groups in total. The van der Waals surface area contributed by atoms with Gasteiger partial charge in [-0.15, -0.1) is 11.3 Å². The molecule has 0 saturated heterocycles. The van der Waals surface area contributed by atoms with E-state index in [0.29, 0.717) is 28.1 Å².